The first-order valence-electron chi connectivity index (χ1n) is 16.2. The van der Waals surface area contributed by atoms with Gasteiger partial charge in [0, 0.05) is 7.11 Å². The van der Waals surface area contributed by atoms with Crippen LogP contribution in [0.1, 0.15) is 34.3 Å². The molecule has 1 saturated heterocycles. The monoisotopic (exact) mass is 674 g/mol. The molecule has 0 bridgehead atoms. The fourth-order valence-electron chi connectivity index (χ4n) is 6.16. The Morgan fingerprint density at radius 1 is 0.735 bits per heavy atom. The zero-order valence-electron chi connectivity index (χ0n) is 27.8. The topological polar surface area (TPSA) is 136 Å². The minimum atomic E-state index is -1.43. The molecule has 0 amide bonds. The molecule has 3 aromatic carbocycles. The van der Waals surface area contributed by atoms with Gasteiger partial charge < -0.3 is 38.3 Å². The minimum absolute atomic E-state index is 0.0268. The molecular formula is C38H42O11. The van der Waals surface area contributed by atoms with Crippen molar-refractivity contribution in [2.75, 3.05) is 27.9 Å². The third-order valence-corrected chi connectivity index (χ3v) is 8.71. The van der Waals surface area contributed by atoms with Crippen molar-refractivity contribution in [2.24, 2.45) is 11.8 Å². The number of aliphatic hydroxyl groups is 1. The molecule has 11 heteroatoms. The van der Waals surface area contributed by atoms with E-state index in [9.17, 15) is 19.5 Å². The van der Waals surface area contributed by atoms with E-state index in [-0.39, 0.29) is 17.1 Å². The van der Waals surface area contributed by atoms with Crippen molar-refractivity contribution in [3.63, 3.8) is 0 Å². The molecule has 2 aliphatic rings. The number of carbonyl (C=O) groups excluding carboxylic acids is 3. The highest BCUT2D eigenvalue weighted by molar-refractivity contribution is 5.96. The van der Waals surface area contributed by atoms with Crippen molar-refractivity contribution < 1.29 is 52.6 Å². The van der Waals surface area contributed by atoms with E-state index >= 15 is 0 Å². The molecule has 0 aliphatic carbocycles. The van der Waals surface area contributed by atoms with Crippen LogP contribution < -0.4 is 9.47 Å². The zero-order valence-corrected chi connectivity index (χ0v) is 27.8. The van der Waals surface area contributed by atoms with E-state index in [1.54, 1.807) is 18.2 Å². The largest absolute Gasteiger partial charge is 0.496 e. The number of fused-ring (bicyclic) bond motifs is 1. The zero-order chi connectivity index (χ0) is 34.8. The number of aliphatic hydroxyl groups excluding tert-OH is 1. The van der Waals surface area contributed by atoms with E-state index in [1.807, 2.05) is 72.8 Å². The standard InChI is InChI=1S/C38H42O11/c1-43-28-19-12-20-29(44-2)31(28)37(42)47-32-30(23-39)46-38(45-3)34-33(32)48-35(40)26(21-24-13-6-4-7-14-24)17-10-11-18-27(36(41)49-34)22-25-15-8-5-9-16-25/h4-16,19-20,26-27,30,32-34,38-39H,17-18,21-23H2,1-3H3/b11-10-/t26-,27-,30-,32-,33+,34-,38+/m1/s1. The van der Waals surface area contributed by atoms with Gasteiger partial charge in [-0.3, -0.25) is 9.59 Å². The van der Waals surface area contributed by atoms with Crippen LogP contribution in [0.2, 0.25) is 0 Å². The first kappa shape index (κ1) is 35.6. The fraction of sp³-hybridized carbons (Fsp3) is 0.395. The highest BCUT2D eigenvalue weighted by atomic mass is 16.7. The van der Waals surface area contributed by atoms with Gasteiger partial charge in [0.05, 0.1) is 32.7 Å². The summed E-state index contributed by atoms with van der Waals surface area (Å²) in [4.78, 5) is 41.8. The number of esters is 3. The molecule has 1 N–H and O–H groups in total. The first-order valence-corrected chi connectivity index (χ1v) is 16.2. The van der Waals surface area contributed by atoms with Gasteiger partial charge in [0.2, 0.25) is 0 Å². The Morgan fingerprint density at radius 2 is 1.24 bits per heavy atom. The lowest BCUT2D eigenvalue weighted by Crippen LogP contribution is -2.63. The van der Waals surface area contributed by atoms with Crippen LogP contribution in [0.5, 0.6) is 11.5 Å². The molecule has 0 spiro atoms. The predicted molar refractivity (Wildman–Crippen MR) is 177 cm³/mol. The number of carbonyl (C=O) groups is 3. The summed E-state index contributed by atoms with van der Waals surface area (Å²) in [5.74, 6) is -2.97. The van der Waals surface area contributed by atoms with Gasteiger partial charge in [0.15, 0.2) is 24.6 Å². The van der Waals surface area contributed by atoms with Crippen LogP contribution in [0.25, 0.3) is 0 Å². The maximum Gasteiger partial charge on any atom is 0.346 e. The van der Waals surface area contributed by atoms with Gasteiger partial charge in [-0.25, -0.2) is 4.79 Å². The normalized spacial score (nSPS) is 26.5. The lowest BCUT2D eigenvalue weighted by atomic mass is 9.92. The van der Waals surface area contributed by atoms with Crippen LogP contribution in [0.3, 0.4) is 0 Å². The van der Waals surface area contributed by atoms with Crippen molar-refractivity contribution in [3.05, 3.63) is 108 Å². The molecule has 7 atom stereocenters. The molecule has 5 rings (SSSR count). The molecule has 0 aromatic heterocycles. The Bertz CT molecular complexity index is 1550. The Labute approximate surface area is 285 Å². The third kappa shape index (κ3) is 8.66. The molecule has 1 fully saturated rings. The summed E-state index contributed by atoms with van der Waals surface area (Å²) in [6.45, 7) is -0.637. The van der Waals surface area contributed by atoms with Crippen molar-refractivity contribution in [3.8, 4) is 11.5 Å². The van der Waals surface area contributed by atoms with E-state index < -0.39 is 67.1 Å². The number of ether oxygens (including phenoxy) is 7. The Balaban J connectivity index is 1.55. The second-order valence-corrected chi connectivity index (χ2v) is 11.9. The van der Waals surface area contributed by atoms with E-state index in [2.05, 4.69) is 0 Å². The summed E-state index contributed by atoms with van der Waals surface area (Å²) in [5, 5.41) is 10.5. The minimum Gasteiger partial charge on any atom is -0.496 e. The van der Waals surface area contributed by atoms with Gasteiger partial charge in [-0.1, -0.05) is 78.9 Å². The maximum atomic E-state index is 14.0. The SMILES string of the molecule is COc1cccc(OC)c1C(=O)O[C@H]1[C@@H]2OC(=O)[C@@H](Cc3ccccc3)C/C=C\C[C@H](Cc3ccccc3)C(=O)O[C@H]2[C@@H](OC)O[C@@H]1CO. The van der Waals surface area contributed by atoms with Crippen molar-refractivity contribution in [2.45, 2.75) is 56.4 Å². The number of hydrogen-bond acceptors (Lipinski definition) is 11. The molecular weight excluding hydrogens is 632 g/mol. The molecule has 11 nitrogen and oxygen atoms in total. The second-order valence-electron chi connectivity index (χ2n) is 11.9. The molecule has 0 saturated carbocycles. The van der Waals surface area contributed by atoms with Gasteiger partial charge in [0.25, 0.3) is 0 Å². The summed E-state index contributed by atoms with van der Waals surface area (Å²) < 4.78 is 40.7. The third-order valence-electron chi connectivity index (χ3n) is 8.71. The predicted octanol–water partition coefficient (Wildman–Crippen LogP) is 4.48. The number of rotatable bonds is 10. The van der Waals surface area contributed by atoms with E-state index in [0.717, 1.165) is 11.1 Å². The Morgan fingerprint density at radius 3 is 1.71 bits per heavy atom. The van der Waals surface area contributed by atoms with Crippen LogP contribution in [0.15, 0.2) is 91.0 Å². The number of allylic oxidation sites excluding steroid dienone is 2. The van der Waals surface area contributed by atoms with Crippen LogP contribution >= 0.6 is 0 Å². The van der Waals surface area contributed by atoms with Crippen molar-refractivity contribution >= 4 is 17.9 Å². The van der Waals surface area contributed by atoms with Crippen LogP contribution in [-0.4, -0.2) is 81.7 Å². The van der Waals surface area contributed by atoms with Crippen molar-refractivity contribution in [1.29, 1.82) is 0 Å². The Kier molecular flexibility index (Phi) is 12.4. The summed E-state index contributed by atoms with van der Waals surface area (Å²) in [5.41, 5.74) is 1.84. The van der Waals surface area contributed by atoms with Gasteiger partial charge in [-0.2, -0.15) is 0 Å². The average molecular weight is 675 g/mol. The van der Waals surface area contributed by atoms with Gasteiger partial charge >= 0.3 is 17.9 Å². The Hall–Kier alpha value is -4.71. The molecule has 49 heavy (non-hydrogen) atoms. The number of benzene rings is 3. The highest BCUT2D eigenvalue weighted by Crippen LogP contribution is 2.35. The van der Waals surface area contributed by atoms with E-state index in [0.29, 0.717) is 25.7 Å². The lowest BCUT2D eigenvalue weighted by Gasteiger charge is -2.44. The highest BCUT2D eigenvalue weighted by Gasteiger charge is 2.53. The molecule has 260 valence electrons. The molecule has 0 unspecified atom stereocenters. The van der Waals surface area contributed by atoms with Crippen molar-refractivity contribution in [1.82, 2.24) is 0 Å². The quantitative estimate of drug-likeness (QED) is 0.185. The smallest absolute Gasteiger partial charge is 0.346 e. The number of hydrogen-bond donors (Lipinski definition) is 1. The molecule has 2 aliphatic heterocycles. The summed E-state index contributed by atoms with van der Waals surface area (Å²) in [6, 6.07) is 23.9. The maximum absolute atomic E-state index is 14.0. The number of methoxy groups -OCH3 is 3. The van der Waals surface area contributed by atoms with E-state index in [1.165, 1.54) is 21.3 Å². The van der Waals surface area contributed by atoms with Gasteiger partial charge in [0.1, 0.15) is 23.2 Å². The average Bonchev–Trinajstić information content (AvgIpc) is 3.13. The summed E-state index contributed by atoms with van der Waals surface area (Å²) in [6.07, 6.45) is -1.50. The fourth-order valence-corrected chi connectivity index (χ4v) is 6.16. The van der Waals surface area contributed by atoms with Crippen LogP contribution in [0.4, 0.5) is 0 Å². The lowest BCUT2D eigenvalue weighted by molar-refractivity contribution is -0.301. The van der Waals surface area contributed by atoms with Gasteiger partial charge in [-0.05, 0) is 48.9 Å². The molecule has 0 radical (unpaired) electrons. The summed E-state index contributed by atoms with van der Waals surface area (Å²) >= 11 is 0. The molecule has 2 heterocycles. The van der Waals surface area contributed by atoms with Gasteiger partial charge in [-0.15, -0.1) is 0 Å². The van der Waals surface area contributed by atoms with Crippen LogP contribution in [0, 0.1) is 11.8 Å². The second kappa shape index (κ2) is 17.1. The summed E-state index contributed by atoms with van der Waals surface area (Å²) in [7, 11) is 4.13. The van der Waals surface area contributed by atoms with Crippen LogP contribution in [-0.2, 0) is 46.1 Å². The molecule has 3 aromatic rings. The first-order chi connectivity index (χ1) is 23.9. The van der Waals surface area contributed by atoms with E-state index in [4.69, 9.17) is 33.2 Å².